The van der Waals surface area contributed by atoms with Crippen LogP contribution in [-0.2, 0) is 4.74 Å². The first-order valence-electron chi connectivity index (χ1n) is 10.2. The molecule has 1 N–H and O–H groups in total. The summed E-state index contributed by atoms with van der Waals surface area (Å²) in [5.74, 6) is -0.239. The van der Waals surface area contributed by atoms with E-state index in [9.17, 15) is 14.4 Å². The molecule has 1 atom stereocenters. The molecular weight excluding hydrogens is 468 g/mol. The van der Waals surface area contributed by atoms with Crippen molar-refractivity contribution in [2.24, 2.45) is 0 Å². The number of nitrogens with one attached hydrogen (secondary N) is 1. The van der Waals surface area contributed by atoms with Gasteiger partial charge in [-0.05, 0) is 49.7 Å². The molecule has 4 rings (SSSR count). The number of hydrogen-bond donors (Lipinski definition) is 1. The van der Waals surface area contributed by atoms with Gasteiger partial charge in [0, 0.05) is 18.1 Å². The number of carbonyl (C=O) groups excluding carboxylic acids is 2. The number of rotatable bonds is 7. The van der Waals surface area contributed by atoms with Gasteiger partial charge in [0.15, 0.2) is 0 Å². The third kappa shape index (κ3) is 4.86. The van der Waals surface area contributed by atoms with Crippen molar-refractivity contribution in [3.63, 3.8) is 0 Å². The highest BCUT2D eigenvalue weighted by Gasteiger charge is 2.33. The van der Waals surface area contributed by atoms with E-state index >= 15 is 0 Å². The van der Waals surface area contributed by atoms with Crippen LogP contribution in [0, 0.1) is 6.92 Å². The quantitative estimate of drug-likeness (QED) is 0.546. The lowest BCUT2D eigenvalue weighted by atomic mass is 10.1. The molecule has 3 aromatic rings. The molecule has 1 saturated heterocycles. The second-order valence-corrected chi connectivity index (χ2v) is 8.96. The predicted molar refractivity (Wildman–Crippen MR) is 125 cm³/mol. The molecule has 3 heterocycles. The van der Waals surface area contributed by atoms with Crippen LogP contribution < -0.4 is 20.5 Å². The second-order valence-electron chi connectivity index (χ2n) is 7.24. The first-order valence-corrected chi connectivity index (χ1v) is 11.4. The van der Waals surface area contributed by atoms with Gasteiger partial charge in [-0.2, -0.15) is 0 Å². The van der Waals surface area contributed by atoms with Crippen LogP contribution in [0.2, 0.25) is 4.34 Å². The summed E-state index contributed by atoms with van der Waals surface area (Å²) >= 11 is 7.05. The number of hydrogen-bond acceptors (Lipinski definition) is 7. The topological polar surface area (TPSA) is 103 Å². The Bertz CT molecular complexity index is 1260. The minimum Gasteiger partial charge on any atom is -0.474 e. The molecule has 1 aromatic carbocycles. The monoisotopic (exact) mass is 488 g/mol. The van der Waals surface area contributed by atoms with Crippen LogP contribution in [0.1, 0.15) is 22.2 Å². The Labute approximate surface area is 198 Å². The summed E-state index contributed by atoms with van der Waals surface area (Å²) < 4.78 is 12.7. The number of benzene rings is 1. The molecule has 2 aromatic heterocycles. The molecular formula is C22H21ClN4O5S. The third-order valence-corrected chi connectivity index (χ3v) is 6.23. The average molecular weight is 489 g/mol. The Kier molecular flexibility index (Phi) is 6.66. The minimum atomic E-state index is -0.500. The van der Waals surface area contributed by atoms with Crippen molar-refractivity contribution in [3.05, 3.63) is 67.9 Å². The van der Waals surface area contributed by atoms with Gasteiger partial charge in [-0.15, -0.1) is 11.3 Å². The summed E-state index contributed by atoms with van der Waals surface area (Å²) in [4.78, 5) is 43.2. The lowest BCUT2D eigenvalue weighted by Gasteiger charge is -2.16. The van der Waals surface area contributed by atoms with Crippen molar-refractivity contribution in [1.29, 1.82) is 0 Å². The highest BCUT2D eigenvalue weighted by Crippen LogP contribution is 2.26. The maximum absolute atomic E-state index is 12.6. The number of aromatic nitrogens is 2. The average Bonchev–Trinajstić information content (AvgIpc) is 3.39. The molecule has 0 spiro atoms. The maximum atomic E-state index is 12.6. The van der Waals surface area contributed by atoms with E-state index in [4.69, 9.17) is 21.1 Å². The first-order chi connectivity index (χ1) is 15.9. The molecule has 0 aliphatic carbocycles. The number of ether oxygens (including phenoxy) is 2. The van der Waals surface area contributed by atoms with E-state index in [2.05, 4.69) is 10.3 Å². The molecule has 2 amide bonds. The number of aryl methyl sites for hydroxylation is 1. The fourth-order valence-electron chi connectivity index (χ4n) is 3.47. The van der Waals surface area contributed by atoms with Crippen LogP contribution in [0.4, 0.5) is 10.5 Å². The van der Waals surface area contributed by atoms with Gasteiger partial charge >= 0.3 is 11.7 Å². The summed E-state index contributed by atoms with van der Waals surface area (Å²) in [7, 11) is 0. The summed E-state index contributed by atoms with van der Waals surface area (Å²) in [6, 6.07) is 8.60. The van der Waals surface area contributed by atoms with Gasteiger partial charge < -0.3 is 14.8 Å². The predicted octanol–water partition coefficient (Wildman–Crippen LogP) is 3.41. The van der Waals surface area contributed by atoms with Crippen molar-refractivity contribution in [3.8, 4) is 11.6 Å². The molecule has 1 fully saturated rings. The summed E-state index contributed by atoms with van der Waals surface area (Å²) in [5.41, 5.74) is 1.70. The lowest BCUT2D eigenvalue weighted by molar-refractivity contribution is 0.0920. The van der Waals surface area contributed by atoms with Crippen molar-refractivity contribution in [2.45, 2.75) is 20.0 Å². The SMILES string of the molecule is CCOc1nccn(-c2ccc(N3C[C@H](CNC(=O)c4ccc(Cl)s4)OC3=O)cc2C)c1=O. The molecule has 33 heavy (non-hydrogen) atoms. The van der Waals surface area contributed by atoms with E-state index in [1.165, 1.54) is 27.0 Å². The molecule has 9 nitrogen and oxygen atoms in total. The lowest BCUT2D eigenvalue weighted by Crippen LogP contribution is -2.34. The van der Waals surface area contributed by atoms with Gasteiger partial charge in [-0.1, -0.05) is 11.6 Å². The van der Waals surface area contributed by atoms with Gasteiger partial charge in [0.05, 0.1) is 34.6 Å². The Morgan fingerprint density at radius 2 is 2.15 bits per heavy atom. The smallest absolute Gasteiger partial charge is 0.414 e. The number of nitrogens with zero attached hydrogens (tertiary/aromatic N) is 3. The highest BCUT2D eigenvalue weighted by atomic mass is 35.5. The van der Waals surface area contributed by atoms with E-state index in [1.807, 2.05) is 6.92 Å². The molecule has 0 bridgehead atoms. The minimum absolute atomic E-state index is 0.0290. The number of anilines is 1. The van der Waals surface area contributed by atoms with E-state index in [0.717, 1.165) is 5.56 Å². The molecule has 0 unspecified atom stereocenters. The normalized spacial score (nSPS) is 15.4. The summed E-state index contributed by atoms with van der Waals surface area (Å²) in [5, 5.41) is 2.76. The Hall–Kier alpha value is -3.37. The zero-order valence-electron chi connectivity index (χ0n) is 17.9. The van der Waals surface area contributed by atoms with E-state index in [-0.39, 0.29) is 30.4 Å². The summed E-state index contributed by atoms with van der Waals surface area (Å²) in [6.07, 6.45) is 2.07. The van der Waals surface area contributed by atoms with Crippen molar-refractivity contribution >= 4 is 40.6 Å². The standard InChI is InChI=1S/C22H21ClN4O5S/c1-3-31-20-21(29)26(9-8-24-20)16-5-4-14(10-13(16)2)27-12-15(32-22(27)30)11-25-19(28)17-6-7-18(23)33-17/h4-10,15H,3,11-12H2,1-2H3,(H,25,28)/t15-/m0/s1. The largest absolute Gasteiger partial charge is 0.474 e. The zero-order chi connectivity index (χ0) is 23.5. The van der Waals surface area contributed by atoms with Gasteiger partial charge in [0.2, 0.25) is 0 Å². The van der Waals surface area contributed by atoms with Crippen LogP contribution in [-0.4, -0.2) is 47.4 Å². The van der Waals surface area contributed by atoms with Crippen LogP contribution in [0.3, 0.4) is 0 Å². The van der Waals surface area contributed by atoms with Crippen LogP contribution in [0.5, 0.6) is 5.88 Å². The third-order valence-electron chi connectivity index (χ3n) is 5.00. The highest BCUT2D eigenvalue weighted by molar-refractivity contribution is 7.18. The number of thiophene rings is 1. The van der Waals surface area contributed by atoms with Gasteiger partial charge in [-0.25, -0.2) is 9.78 Å². The summed E-state index contributed by atoms with van der Waals surface area (Å²) in [6.45, 7) is 4.43. The number of carbonyl (C=O) groups is 2. The fourth-order valence-corrected chi connectivity index (χ4v) is 4.43. The van der Waals surface area contributed by atoms with Crippen molar-refractivity contribution < 1.29 is 19.1 Å². The van der Waals surface area contributed by atoms with E-state index < -0.39 is 12.2 Å². The number of halogens is 1. The molecule has 0 radical (unpaired) electrons. The van der Waals surface area contributed by atoms with Crippen LogP contribution in [0.15, 0.2) is 47.5 Å². The zero-order valence-corrected chi connectivity index (χ0v) is 19.5. The molecule has 11 heteroatoms. The van der Waals surface area contributed by atoms with Crippen LogP contribution in [0.25, 0.3) is 5.69 Å². The van der Waals surface area contributed by atoms with Gasteiger partial charge in [-0.3, -0.25) is 19.1 Å². The van der Waals surface area contributed by atoms with Crippen LogP contribution >= 0.6 is 22.9 Å². The van der Waals surface area contributed by atoms with E-state index in [1.54, 1.807) is 43.5 Å². The maximum Gasteiger partial charge on any atom is 0.414 e. The Balaban J connectivity index is 1.46. The first kappa shape index (κ1) is 22.8. The Morgan fingerprint density at radius 1 is 1.33 bits per heavy atom. The van der Waals surface area contributed by atoms with Gasteiger partial charge in [0.1, 0.15) is 6.10 Å². The Morgan fingerprint density at radius 3 is 2.85 bits per heavy atom. The van der Waals surface area contributed by atoms with Crippen molar-refractivity contribution in [1.82, 2.24) is 14.9 Å². The number of cyclic esters (lactones) is 1. The number of amides is 2. The van der Waals surface area contributed by atoms with Gasteiger partial charge in [0.25, 0.3) is 11.8 Å². The van der Waals surface area contributed by atoms with E-state index in [0.29, 0.717) is 27.2 Å². The second kappa shape index (κ2) is 9.63. The molecule has 1 aliphatic rings. The molecule has 1 aliphatic heterocycles. The molecule has 0 saturated carbocycles. The fraction of sp³-hybridized carbons (Fsp3) is 0.273. The van der Waals surface area contributed by atoms with Crippen molar-refractivity contribution in [2.75, 3.05) is 24.6 Å². The molecule has 172 valence electrons.